The lowest BCUT2D eigenvalue weighted by atomic mass is 10.2. The highest BCUT2D eigenvalue weighted by Gasteiger charge is 2.20. The van der Waals surface area contributed by atoms with Crippen LogP contribution in [0.5, 0.6) is 0 Å². The van der Waals surface area contributed by atoms with Crippen molar-refractivity contribution >= 4 is 11.9 Å². The number of hydrogen-bond donors (Lipinski definition) is 1. The Bertz CT molecular complexity index is 605. The van der Waals surface area contributed by atoms with E-state index < -0.39 is 5.97 Å². The highest BCUT2D eigenvalue weighted by atomic mass is 16.4. The van der Waals surface area contributed by atoms with Crippen molar-refractivity contribution in [1.82, 2.24) is 9.47 Å². The number of carboxylic acids is 1. The van der Waals surface area contributed by atoms with Crippen LogP contribution in [0.2, 0.25) is 0 Å². The van der Waals surface area contributed by atoms with Crippen molar-refractivity contribution in [1.29, 1.82) is 0 Å². The Balaban J connectivity index is 2.21. The molecule has 1 heterocycles. The number of aliphatic carboxylic acids is 1. The lowest BCUT2D eigenvalue weighted by Gasteiger charge is -2.21. The van der Waals surface area contributed by atoms with Crippen molar-refractivity contribution < 1.29 is 14.7 Å². The monoisotopic (exact) mass is 272 g/mol. The molecular formula is C15H16N2O3. The molecule has 104 valence electrons. The summed E-state index contributed by atoms with van der Waals surface area (Å²) in [5.41, 5.74) is 1.37. The third-order valence-electron chi connectivity index (χ3n) is 2.99. The van der Waals surface area contributed by atoms with E-state index >= 15 is 0 Å². The van der Waals surface area contributed by atoms with E-state index in [-0.39, 0.29) is 19.0 Å². The first kappa shape index (κ1) is 13.9. The van der Waals surface area contributed by atoms with Gasteiger partial charge in [0.1, 0.15) is 12.2 Å². The Labute approximate surface area is 117 Å². The number of hydrogen-bond acceptors (Lipinski definition) is 2. The second-order valence-corrected chi connectivity index (χ2v) is 4.54. The van der Waals surface area contributed by atoms with Crippen LogP contribution in [0.25, 0.3) is 0 Å². The van der Waals surface area contributed by atoms with Gasteiger partial charge in [-0.25, -0.2) is 0 Å². The molecule has 0 saturated carbocycles. The Morgan fingerprint density at radius 2 is 1.85 bits per heavy atom. The molecule has 0 saturated heterocycles. The van der Waals surface area contributed by atoms with Gasteiger partial charge in [0.25, 0.3) is 5.91 Å². The smallest absolute Gasteiger partial charge is 0.323 e. The number of rotatable bonds is 5. The van der Waals surface area contributed by atoms with Gasteiger partial charge < -0.3 is 14.6 Å². The third-order valence-corrected chi connectivity index (χ3v) is 2.99. The van der Waals surface area contributed by atoms with Crippen LogP contribution in [0.15, 0.2) is 48.7 Å². The lowest BCUT2D eigenvalue weighted by molar-refractivity contribution is -0.137. The first-order valence-corrected chi connectivity index (χ1v) is 6.24. The van der Waals surface area contributed by atoms with E-state index in [4.69, 9.17) is 5.11 Å². The summed E-state index contributed by atoms with van der Waals surface area (Å²) >= 11 is 0. The van der Waals surface area contributed by atoms with Crippen molar-refractivity contribution in [3.63, 3.8) is 0 Å². The molecule has 1 amide bonds. The van der Waals surface area contributed by atoms with Crippen LogP contribution in [0, 0.1) is 0 Å². The molecule has 0 fully saturated rings. The molecule has 2 aromatic rings. The molecular weight excluding hydrogens is 256 g/mol. The van der Waals surface area contributed by atoms with Gasteiger partial charge in [-0.3, -0.25) is 9.59 Å². The molecule has 0 radical (unpaired) electrons. The van der Waals surface area contributed by atoms with Crippen LogP contribution in [0.3, 0.4) is 0 Å². The van der Waals surface area contributed by atoms with Gasteiger partial charge in [0.15, 0.2) is 0 Å². The molecule has 0 aliphatic carbocycles. The number of carbonyl (C=O) groups is 2. The van der Waals surface area contributed by atoms with Gasteiger partial charge in [-0.1, -0.05) is 30.3 Å². The number of amides is 1. The fraction of sp³-hybridized carbons (Fsp3) is 0.200. The minimum absolute atomic E-state index is 0.275. The van der Waals surface area contributed by atoms with Crippen LogP contribution < -0.4 is 0 Å². The minimum atomic E-state index is -1.02. The fourth-order valence-corrected chi connectivity index (χ4v) is 2.01. The zero-order valence-corrected chi connectivity index (χ0v) is 11.2. The molecule has 1 aromatic carbocycles. The molecule has 20 heavy (non-hydrogen) atoms. The maximum atomic E-state index is 12.4. The predicted molar refractivity (Wildman–Crippen MR) is 74.2 cm³/mol. The maximum Gasteiger partial charge on any atom is 0.323 e. The van der Waals surface area contributed by atoms with Crippen LogP contribution in [-0.2, 0) is 18.4 Å². The molecule has 2 rings (SSSR count). The van der Waals surface area contributed by atoms with Crippen molar-refractivity contribution in [3.05, 3.63) is 59.9 Å². The summed E-state index contributed by atoms with van der Waals surface area (Å²) in [5.74, 6) is -1.31. The SMILES string of the molecule is Cn1cccc1C(=O)N(CC(=O)O)Cc1ccccc1. The normalized spacial score (nSPS) is 10.2. The van der Waals surface area contributed by atoms with Crippen molar-refractivity contribution in [2.24, 2.45) is 7.05 Å². The second kappa shape index (κ2) is 6.06. The average Bonchev–Trinajstić information content (AvgIpc) is 2.84. The third kappa shape index (κ3) is 3.26. The van der Waals surface area contributed by atoms with Gasteiger partial charge in [0, 0.05) is 19.8 Å². The molecule has 5 heteroatoms. The van der Waals surface area contributed by atoms with E-state index in [0.717, 1.165) is 5.56 Å². The second-order valence-electron chi connectivity index (χ2n) is 4.54. The van der Waals surface area contributed by atoms with Gasteiger partial charge in [-0.15, -0.1) is 0 Å². The zero-order chi connectivity index (χ0) is 14.5. The average molecular weight is 272 g/mol. The molecule has 0 bridgehead atoms. The standard InChI is InChI=1S/C15H16N2O3/c1-16-9-5-8-13(16)15(20)17(11-14(18)19)10-12-6-3-2-4-7-12/h2-9H,10-11H2,1H3,(H,18,19). The van der Waals surface area contributed by atoms with E-state index in [1.165, 1.54) is 4.90 Å². The summed E-state index contributed by atoms with van der Waals surface area (Å²) in [7, 11) is 1.76. The van der Waals surface area contributed by atoms with Gasteiger partial charge in [0.05, 0.1) is 0 Å². The largest absolute Gasteiger partial charge is 0.480 e. The fourth-order valence-electron chi connectivity index (χ4n) is 2.01. The molecule has 0 aliphatic heterocycles. The number of aryl methyl sites for hydroxylation is 1. The molecule has 0 atom stereocenters. The summed E-state index contributed by atoms with van der Waals surface area (Å²) in [6.45, 7) is -0.0456. The van der Waals surface area contributed by atoms with E-state index in [1.807, 2.05) is 30.3 Å². The summed E-state index contributed by atoms with van der Waals surface area (Å²) in [6, 6.07) is 12.8. The van der Waals surface area contributed by atoms with Crippen LogP contribution in [-0.4, -0.2) is 33.0 Å². The highest BCUT2D eigenvalue weighted by molar-refractivity contribution is 5.94. The van der Waals surface area contributed by atoms with Crippen LogP contribution >= 0.6 is 0 Å². The summed E-state index contributed by atoms with van der Waals surface area (Å²) < 4.78 is 1.68. The number of nitrogens with zero attached hydrogens (tertiary/aromatic N) is 2. The molecule has 1 aromatic heterocycles. The first-order valence-electron chi connectivity index (χ1n) is 6.24. The van der Waals surface area contributed by atoms with E-state index in [0.29, 0.717) is 5.69 Å². The van der Waals surface area contributed by atoms with Crippen molar-refractivity contribution in [2.45, 2.75) is 6.54 Å². The lowest BCUT2D eigenvalue weighted by Crippen LogP contribution is -2.36. The Morgan fingerprint density at radius 3 is 2.40 bits per heavy atom. The Kier molecular flexibility index (Phi) is 4.20. The summed E-state index contributed by atoms with van der Waals surface area (Å²) in [6.07, 6.45) is 1.76. The molecule has 0 spiro atoms. The number of carboxylic acid groups (broad SMARTS) is 1. The van der Waals surface area contributed by atoms with Gasteiger partial charge in [-0.2, -0.15) is 0 Å². The Morgan fingerprint density at radius 1 is 1.15 bits per heavy atom. The summed E-state index contributed by atoms with van der Waals surface area (Å²) in [5, 5.41) is 8.98. The van der Waals surface area contributed by atoms with E-state index in [2.05, 4.69) is 0 Å². The molecule has 0 aliphatic rings. The van der Waals surface area contributed by atoms with Gasteiger partial charge in [-0.05, 0) is 17.7 Å². The zero-order valence-electron chi connectivity index (χ0n) is 11.2. The van der Waals surface area contributed by atoms with Crippen LogP contribution in [0.4, 0.5) is 0 Å². The van der Waals surface area contributed by atoms with Gasteiger partial charge in [0.2, 0.25) is 0 Å². The van der Waals surface area contributed by atoms with Crippen molar-refractivity contribution in [2.75, 3.05) is 6.54 Å². The quantitative estimate of drug-likeness (QED) is 0.902. The van der Waals surface area contributed by atoms with Crippen LogP contribution in [0.1, 0.15) is 16.1 Å². The first-order chi connectivity index (χ1) is 9.58. The summed E-state index contributed by atoms with van der Waals surface area (Å²) in [4.78, 5) is 24.7. The van der Waals surface area contributed by atoms with E-state index in [9.17, 15) is 9.59 Å². The molecule has 0 unspecified atom stereocenters. The van der Waals surface area contributed by atoms with Crippen molar-refractivity contribution in [3.8, 4) is 0 Å². The van der Waals surface area contributed by atoms with E-state index in [1.54, 1.807) is 29.9 Å². The molecule has 5 nitrogen and oxygen atoms in total. The highest BCUT2D eigenvalue weighted by Crippen LogP contribution is 2.10. The van der Waals surface area contributed by atoms with Gasteiger partial charge >= 0.3 is 5.97 Å². The minimum Gasteiger partial charge on any atom is -0.480 e. The number of carbonyl (C=O) groups excluding carboxylic acids is 1. The maximum absolute atomic E-state index is 12.4. The topological polar surface area (TPSA) is 62.5 Å². The number of aromatic nitrogens is 1. The number of benzene rings is 1. The Hall–Kier alpha value is -2.56. The molecule has 1 N–H and O–H groups in total. The predicted octanol–water partition coefficient (Wildman–Crippen LogP) is 1.75.